The lowest BCUT2D eigenvalue weighted by molar-refractivity contribution is 0.0940. The highest BCUT2D eigenvalue weighted by atomic mass is 16.5. The van der Waals surface area contributed by atoms with Crippen LogP contribution in [0.4, 0.5) is 0 Å². The SMILES string of the molecule is CCOc1ccc(C(=O)Cn2nc3n(CC(C)C)c(=O)c4ccc(C(=O)NC(C)C)cc4n3c2=O)cc1. The van der Waals surface area contributed by atoms with Crippen LogP contribution in [0.25, 0.3) is 16.7 Å². The Balaban J connectivity index is 1.86. The van der Waals surface area contributed by atoms with Crippen LogP contribution in [-0.4, -0.2) is 43.1 Å². The van der Waals surface area contributed by atoms with Crippen molar-refractivity contribution in [3.63, 3.8) is 0 Å². The third-order valence-electron chi connectivity index (χ3n) is 5.79. The Morgan fingerprint density at radius 3 is 2.30 bits per heavy atom. The molecule has 2 aromatic carbocycles. The van der Waals surface area contributed by atoms with Gasteiger partial charge in [0.05, 0.1) is 17.5 Å². The number of rotatable bonds is 9. The van der Waals surface area contributed by atoms with Gasteiger partial charge in [-0.15, -0.1) is 5.10 Å². The number of carbonyl (C=O) groups excluding carboxylic acids is 2. The van der Waals surface area contributed by atoms with Crippen LogP contribution in [0.2, 0.25) is 0 Å². The second-order valence-corrected chi connectivity index (χ2v) is 9.63. The van der Waals surface area contributed by atoms with Crippen molar-refractivity contribution in [3.8, 4) is 5.75 Å². The standard InChI is InChI=1S/C27H31N5O5/c1-6-37-20-10-7-18(8-11-20)23(33)15-31-27(36)32-22-13-19(24(34)28-17(4)5)9-12-21(22)25(35)30(14-16(2)3)26(32)29-31/h7-13,16-17H,6,14-15H2,1-5H3,(H,28,34). The molecule has 0 spiro atoms. The summed E-state index contributed by atoms with van der Waals surface area (Å²) in [6, 6.07) is 11.2. The van der Waals surface area contributed by atoms with Crippen molar-refractivity contribution >= 4 is 28.4 Å². The van der Waals surface area contributed by atoms with E-state index in [-0.39, 0.29) is 52.4 Å². The Kier molecular flexibility index (Phi) is 7.28. The topological polar surface area (TPSA) is 117 Å². The minimum Gasteiger partial charge on any atom is -0.494 e. The molecule has 0 saturated heterocycles. The van der Waals surface area contributed by atoms with E-state index in [1.807, 2.05) is 34.6 Å². The molecule has 4 aromatic rings. The fourth-order valence-electron chi connectivity index (χ4n) is 4.17. The van der Waals surface area contributed by atoms with Crippen LogP contribution < -0.4 is 21.3 Å². The van der Waals surface area contributed by atoms with Crippen molar-refractivity contribution in [2.75, 3.05) is 6.61 Å². The predicted octanol–water partition coefficient (Wildman–Crippen LogP) is 2.89. The number of Topliss-reactive ketones (excluding diaryl/α,β-unsaturated/α-hetero) is 1. The van der Waals surface area contributed by atoms with E-state index in [1.54, 1.807) is 36.4 Å². The van der Waals surface area contributed by atoms with Crippen LogP contribution >= 0.6 is 0 Å². The van der Waals surface area contributed by atoms with E-state index >= 15 is 0 Å². The maximum atomic E-state index is 13.5. The van der Waals surface area contributed by atoms with Crippen LogP contribution in [0.3, 0.4) is 0 Å². The monoisotopic (exact) mass is 505 g/mol. The third kappa shape index (κ3) is 5.18. The average Bonchev–Trinajstić information content (AvgIpc) is 3.17. The first-order chi connectivity index (χ1) is 17.6. The zero-order valence-electron chi connectivity index (χ0n) is 21.6. The number of ketones is 1. The Morgan fingerprint density at radius 2 is 1.68 bits per heavy atom. The molecule has 10 heteroatoms. The van der Waals surface area contributed by atoms with Gasteiger partial charge in [0.1, 0.15) is 12.3 Å². The van der Waals surface area contributed by atoms with Gasteiger partial charge in [-0.25, -0.2) is 13.9 Å². The third-order valence-corrected chi connectivity index (χ3v) is 5.79. The summed E-state index contributed by atoms with van der Waals surface area (Å²) in [6.45, 7) is 10.0. The van der Waals surface area contributed by atoms with Crippen molar-refractivity contribution in [2.24, 2.45) is 5.92 Å². The van der Waals surface area contributed by atoms with Crippen LogP contribution in [-0.2, 0) is 13.1 Å². The molecule has 0 aliphatic carbocycles. The number of aromatic nitrogens is 4. The van der Waals surface area contributed by atoms with E-state index in [9.17, 15) is 19.2 Å². The number of carbonyl (C=O) groups is 2. The van der Waals surface area contributed by atoms with Gasteiger partial charge in [0.2, 0.25) is 5.78 Å². The summed E-state index contributed by atoms with van der Waals surface area (Å²) >= 11 is 0. The molecule has 0 radical (unpaired) electrons. The number of benzene rings is 2. The Labute approximate surface area is 213 Å². The Hall–Kier alpha value is -4.21. The second-order valence-electron chi connectivity index (χ2n) is 9.63. The lowest BCUT2D eigenvalue weighted by atomic mass is 10.1. The minimum atomic E-state index is -0.571. The second kappa shape index (κ2) is 10.4. The zero-order valence-corrected chi connectivity index (χ0v) is 21.6. The molecule has 0 aliphatic heterocycles. The van der Waals surface area contributed by atoms with Gasteiger partial charge >= 0.3 is 5.69 Å². The molecular formula is C27H31N5O5. The summed E-state index contributed by atoms with van der Waals surface area (Å²) in [6.07, 6.45) is 0. The van der Waals surface area contributed by atoms with Crippen LogP contribution in [0, 0.1) is 5.92 Å². The maximum Gasteiger partial charge on any atom is 0.352 e. The summed E-state index contributed by atoms with van der Waals surface area (Å²) in [5.74, 6) is 0.235. The van der Waals surface area contributed by atoms with Gasteiger partial charge in [0.15, 0.2) is 5.78 Å². The number of ether oxygens (including phenoxy) is 1. The van der Waals surface area contributed by atoms with E-state index in [4.69, 9.17) is 4.74 Å². The molecule has 1 amide bonds. The highest BCUT2D eigenvalue weighted by Crippen LogP contribution is 2.16. The zero-order chi connectivity index (χ0) is 26.9. The molecule has 4 rings (SSSR count). The van der Waals surface area contributed by atoms with Gasteiger partial charge in [-0.2, -0.15) is 0 Å². The first-order valence-corrected chi connectivity index (χ1v) is 12.3. The van der Waals surface area contributed by atoms with Gasteiger partial charge in [0, 0.05) is 23.7 Å². The van der Waals surface area contributed by atoms with Gasteiger partial charge in [-0.05, 0) is 69.2 Å². The molecular weight excluding hydrogens is 474 g/mol. The minimum absolute atomic E-state index is 0.0821. The summed E-state index contributed by atoms with van der Waals surface area (Å²) in [5, 5.41) is 7.50. The first kappa shape index (κ1) is 25.9. The van der Waals surface area contributed by atoms with Crippen molar-refractivity contribution in [1.82, 2.24) is 24.1 Å². The highest BCUT2D eigenvalue weighted by molar-refractivity contribution is 5.98. The van der Waals surface area contributed by atoms with Crippen molar-refractivity contribution < 1.29 is 14.3 Å². The van der Waals surface area contributed by atoms with Crippen molar-refractivity contribution in [2.45, 2.75) is 53.8 Å². The summed E-state index contributed by atoms with van der Waals surface area (Å²) in [5.41, 5.74) is 0.0968. The van der Waals surface area contributed by atoms with Crippen molar-refractivity contribution in [3.05, 3.63) is 74.4 Å². The molecule has 0 saturated carbocycles. The number of hydrogen-bond acceptors (Lipinski definition) is 6. The number of amides is 1. The average molecular weight is 506 g/mol. The number of nitrogens with one attached hydrogen (secondary N) is 1. The van der Waals surface area contributed by atoms with Gasteiger partial charge in [0.25, 0.3) is 11.5 Å². The molecule has 37 heavy (non-hydrogen) atoms. The largest absolute Gasteiger partial charge is 0.494 e. The summed E-state index contributed by atoms with van der Waals surface area (Å²) in [4.78, 5) is 52.6. The van der Waals surface area contributed by atoms with Crippen molar-refractivity contribution in [1.29, 1.82) is 0 Å². The number of fused-ring (bicyclic) bond motifs is 3. The van der Waals surface area contributed by atoms with Crippen LogP contribution in [0.5, 0.6) is 5.75 Å². The normalized spacial score (nSPS) is 11.5. The lowest BCUT2D eigenvalue weighted by Gasteiger charge is -2.13. The molecule has 0 unspecified atom stereocenters. The fourth-order valence-corrected chi connectivity index (χ4v) is 4.17. The van der Waals surface area contributed by atoms with Crippen LogP contribution in [0.15, 0.2) is 52.1 Å². The number of nitrogens with zero attached hydrogens (tertiary/aromatic N) is 4. The predicted molar refractivity (Wildman–Crippen MR) is 141 cm³/mol. The van der Waals surface area contributed by atoms with E-state index in [0.717, 1.165) is 4.68 Å². The van der Waals surface area contributed by atoms with Gasteiger partial charge in [-0.3, -0.25) is 19.0 Å². The first-order valence-electron chi connectivity index (χ1n) is 12.3. The van der Waals surface area contributed by atoms with E-state index in [0.29, 0.717) is 30.0 Å². The lowest BCUT2D eigenvalue weighted by Crippen LogP contribution is -2.31. The molecule has 0 bridgehead atoms. The molecule has 1 N–H and O–H groups in total. The van der Waals surface area contributed by atoms with E-state index in [2.05, 4.69) is 10.4 Å². The fraction of sp³-hybridized carbons (Fsp3) is 0.370. The summed E-state index contributed by atoms with van der Waals surface area (Å²) < 4.78 is 9.23. The van der Waals surface area contributed by atoms with Crippen LogP contribution in [0.1, 0.15) is 55.3 Å². The summed E-state index contributed by atoms with van der Waals surface area (Å²) in [7, 11) is 0. The maximum absolute atomic E-state index is 13.5. The van der Waals surface area contributed by atoms with E-state index in [1.165, 1.54) is 15.0 Å². The van der Waals surface area contributed by atoms with E-state index < -0.39 is 5.69 Å². The van der Waals surface area contributed by atoms with Gasteiger partial charge in [-0.1, -0.05) is 13.8 Å². The highest BCUT2D eigenvalue weighted by Gasteiger charge is 2.21. The molecule has 2 heterocycles. The molecule has 10 nitrogen and oxygen atoms in total. The Bertz CT molecular complexity index is 1590. The Morgan fingerprint density at radius 1 is 1.00 bits per heavy atom. The molecule has 2 aromatic heterocycles. The molecule has 194 valence electrons. The molecule has 0 atom stereocenters. The van der Waals surface area contributed by atoms with Gasteiger partial charge < -0.3 is 10.1 Å². The number of hydrogen-bond donors (Lipinski definition) is 1. The molecule has 0 aliphatic rings. The quantitative estimate of drug-likeness (QED) is 0.350. The molecule has 0 fully saturated rings. The smallest absolute Gasteiger partial charge is 0.352 e.